The zero-order chi connectivity index (χ0) is 14.6. The molecule has 0 unspecified atom stereocenters. The Morgan fingerprint density at radius 1 is 1.35 bits per heavy atom. The number of hydrogen-bond acceptors (Lipinski definition) is 4. The molecule has 5 nitrogen and oxygen atoms in total. The first-order valence-corrected chi connectivity index (χ1v) is 8.35. The number of aromatic nitrogens is 3. The van der Waals surface area contributed by atoms with Gasteiger partial charge in [-0.15, -0.1) is 10.2 Å². The highest BCUT2D eigenvalue weighted by Gasteiger charge is 2.42. The Labute approximate surface area is 124 Å². The monoisotopic (exact) mass is 297 g/mol. The maximum atomic E-state index is 10.7. The van der Waals surface area contributed by atoms with Gasteiger partial charge >= 0.3 is 5.97 Å². The molecular weight excluding hydrogens is 274 g/mol. The Kier molecular flexibility index (Phi) is 5.07. The number of nitrogens with zero attached hydrogens (tertiary/aromatic N) is 3. The van der Waals surface area contributed by atoms with Crippen molar-refractivity contribution >= 4 is 17.7 Å². The van der Waals surface area contributed by atoms with E-state index in [1.54, 1.807) is 0 Å². The molecule has 1 aromatic heterocycles. The lowest BCUT2D eigenvalue weighted by atomic mass is 10.0. The van der Waals surface area contributed by atoms with E-state index in [1.165, 1.54) is 37.4 Å². The second-order valence-electron chi connectivity index (χ2n) is 5.67. The molecule has 1 aliphatic carbocycles. The summed E-state index contributed by atoms with van der Waals surface area (Å²) >= 11 is 1.28. The molecule has 112 valence electrons. The van der Waals surface area contributed by atoms with Gasteiger partial charge < -0.3 is 9.67 Å². The molecule has 1 aliphatic rings. The van der Waals surface area contributed by atoms with E-state index in [-0.39, 0.29) is 5.75 Å². The van der Waals surface area contributed by atoms with Gasteiger partial charge in [0.2, 0.25) is 0 Å². The summed E-state index contributed by atoms with van der Waals surface area (Å²) < 4.78 is 2.17. The average molecular weight is 297 g/mol. The minimum atomic E-state index is -0.809. The minimum absolute atomic E-state index is 0.0467. The number of aryl methyl sites for hydroxylation is 1. The van der Waals surface area contributed by atoms with Gasteiger partial charge in [0.05, 0.1) is 5.75 Å². The molecule has 0 bridgehead atoms. The normalized spacial score (nSPS) is 16.3. The van der Waals surface area contributed by atoms with Crippen LogP contribution in [0.25, 0.3) is 0 Å². The van der Waals surface area contributed by atoms with Crippen molar-refractivity contribution in [3.8, 4) is 0 Å². The van der Waals surface area contributed by atoms with Crippen LogP contribution >= 0.6 is 11.8 Å². The standard InChI is InChI=1S/C14H23N3O2S/c1-3-5-11-15-16-13(20-9-12(18)19)17(11)10-14(6-4-2)7-8-14/h3-10H2,1-2H3,(H,18,19). The molecule has 0 atom stereocenters. The fourth-order valence-electron chi connectivity index (χ4n) is 2.65. The van der Waals surface area contributed by atoms with E-state index >= 15 is 0 Å². The Balaban J connectivity index is 2.14. The molecule has 20 heavy (non-hydrogen) atoms. The van der Waals surface area contributed by atoms with Crippen LogP contribution in [0.2, 0.25) is 0 Å². The Bertz CT molecular complexity index is 469. The van der Waals surface area contributed by atoms with Gasteiger partial charge in [0.25, 0.3) is 0 Å². The van der Waals surface area contributed by atoms with Gasteiger partial charge in [-0.1, -0.05) is 32.0 Å². The second kappa shape index (κ2) is 6.61. The largest absolute Gasteiger partial charge is 0.481 e. The van der Waals surface area contributed by atoms with Crippen molar-refractivity contribution in [2.75, 3.05) is 5.75 Å². The Morgan fingerprint density at radius 3 is 2.65 bits per heavy atom. The molecule has 0 radical (unpaired) electrons. The van der Waals surface area contributed by atoms with Crippen molar-refractivity contribution in [1.29, 1.82) is 0 Å². The summed E-state index contributed by atoms with van der Waals surface area (Å²) in [6.07, 6.45) is 6.91. The van der Waals surface area contributed by atoms with Gasteiger partial charge in [0, 0.05) is 13.0 Å². The third kappa shape index (κ3) is 3.75. The zero-order valence-electron chi connectivity index (χ0n) is 12.3. The molecule has 6 heteroatoms. The quantitative estimate of drug-likeness (QED) is 0.710. The number of rotatable bonds is 9. The van der Waals surface area contributed by atoms with Crippen molar-refractivity contribution in [2.45, 2.75) is 64.1 Å². The Hall–Kier alpha value is -1.04. The maximum absolute atomic E-state index is 10.7. The number of thioether (sulfide) groups is 1. The lowest BCUT2D eigenvalue weighted by Gasteiger charge is -2.17. The summed E-state index contributed by atoms with van der Waals surface area (Å²) in [5.74, 6) is 0.240. The maximum Gasteiger partial charge on any atom is 0.313 e. The first-order chi connectivity index (χ1) is 9.60. The van der Waals surface area contributed by atoms with Crippen LogP contribution in [0.1, 0.15) is 51.8 Å². The van der Waals surface area contributed by atoms with Gasteiger partial charge in [0.15, 0.2) is 5.16 Å². The van der Waals surface area contributed by atoms with Gasteiger partial charge in [-0.05, 0) is 31.1 Å². The number of hydrogen-bond donors (Lipinski definition) is 1. The molecule has 0 spiro atoms. The van der Waals surface area contributed by atoms with Crippen molar-refractivity contribution in [3.63, 3.8) is 0 Å². The van der Waals surface area contributed by atoms with Crippen LogP contribution in [0.15, 0.2) is 5.16 Å². The van der Waals surface area contributed by atoms with Crippen molar-refractivity contribution in [2.24, 2.45) is 5.41 Å². The van der Waals surface area contributed by atoms with E-state index in [0.29, 0.717) is 5.41 Å². The Morgan fingerprint density at radius 2 is 2.10 bits per heavy atom. The van der Waals surface area contributed by atoms with Crippen molar-refractivity contribution < 1.29 is 9.90 Å². The first kappa shape index (κ1) is 15.4. The van der Waals surface area contributed by atoms with Crippen LogP contribution in [0, 0.1) is 5.41 Å². The van der Waals surface area contributed by atoms with E-state index in [0.717, 1.165) is 30.4 Å². The van der Waals surface area contributed by atoms with E-state index in [1.807, 2.05) is 0 Å². The molecule has 1 aromatic rings. The van der Waals surface area contributed by atoms with Gasteiger partial charge in [0.1, 0.15) is 5.82 Å². The summed E-state index contributed by atoms with van der Waals surface area (Å²) in [6.45, 7) is 5.30. The highest BCUT2D eigenvalue weighted by molar-refractivity contribution is 7.99. The summed E-state index contributed by atoms with van der Waals surface area (Å²) in [5, 5.41) is 18.0. The molecule has 0 saturated heterocycles. The van der Waals surface area contributed by atoms with E-state index in [2.05, 4.69) is 28.6 Å². The lowest BCUT2D eigenvalue weighted by molar-refractivity contribution is -0.133. The van der Waals surface area contributed by atoms with E-state index in [4.69, 9.17) is 5.11 Å². The SMILES string of the molecule is CCCc1nnc(SCC(=O)O)n1CC1(CCC)CC1. The van der Waals surface area contributed by atoms with E-state index < -0.39 is 5.97 Å². The van der Waals surface area contributed by atoms with E-state index in [9.17, 15) is 4.79 Å². The van der Waals surface area contributed by atoms with Crippen LogP contribution in [-0.2, 0) is 17.8 Å². The molecule has 0 amide bonds. The average Bonchev–Trinajstić information content (AvgIpc) is 3.05. The molecule has 1 N–H and O–H groups in total. The zero-order valence-corrected chi connectivity index (χ0v) is 13.1. The first-order valence-electron chi connectivity index (χ1n) is 7.37. The predicted octanol–water partition coefficient (Wildman–Crippen LogP) is 2.99. The fourth-order valence-corrected chi connectivity index (χ4v) is 3.33. The highest BCUT2D eigenvalue weighted by atomic mass is 32.2. The highest BCUT2D eigenvalue weighted by Crippen LogP contribution is 2.51. The fraction of sp³-hybridized carbons (Fsp3) is 0.786. The molecular formula is C14H23N3O2S. The second-order valence-corrected chi connectivity index (χ2v) is 6.61. The van der Waals surface area contributed by atoms with Crippen molar-refractivity contribution in [1.82, 2.24) is 14.8 Å². The number of carboxylic acid groups (broad SMARTS) is 1. The smallest absolute Gasteiger partial charge is 0.313 e. The molecule has 1 heterocycles. The van der Waals surface area contributed by atoms with Crippen LogP contribution in [0.3, 0.4) is 0 Å². The summed E-state index contributed by atoms with van der Waals surface area (Å²) in [6, 6.07) is 0. The molecule has 0 aromatic carbocycles. The van der Waals surface area contributed by atoms with Gasteiger partial charge in [-0.2, -0.15) is 0 Å². The van der Waals surface area contributed by atoms with Crippen molar-refractivity contribution in [3.05, 3.63) is 5.82 Å². The van der Waals surface area contributed by atoms with Crippen LogP contribution in [0.4, 0.5) is 0 Å². The third-order valence-electron chi connectivity index (χ3n) is 3.82. The predicted molar refractivity (Wildman–Crippen MR) is 79.0 cm³/mol. The summed E-state index contributed by atoms with van der Waals surface area (Å²) in [5.41, 5.74) is 0.415. The van der Waals surface area contributed by atoms with Crippen LogP contribution < -0.4 is 0 Å². The summed E-state index contributed by atoms with van der Waals surface area (Å²) in [7, 11) is 0. The number of carboxylic acids is 1. The van der Waals surface area contributed by atoms with Crippen LogP contribution in [-0.4, -0.2) is 31.6 Å². The molecule has 1 fully saturated rings. The lowest BCUT2D eigenvalue weighted by Crippen LogP contribution is -2.15. The van der Waals surface area contributed by atoms with Gasteiger partial charge in [-0.3, -0.25) is 4.79 Å². The van der Waals surface area contributed by atoms with Crippen LogP contribution in [0.5, 0.6) is 0 Å². The third-order valence-corrected chi connectivity index (χ3v) is 4.77. The van der Waals surface area contributed by atoms with Gasteiger partial charge in [-0.25, -0.2) is 0 Å². The number of aliphatic carboxylic acids is 1. The number of carbonyl (C=O) groups is 1. The topological polar surface area (TPSA) is 68.0 Å². The molecule has 0 aliphatic heterocycles. The molecule has 2 rings (SSSR count). The minimum Gasteiger partial charge on any atom is -0.481 e. The molecule has 1 saturated carbocycles. The summed E-state index contributed by atoms with van der Waals surface area (Å²) in [4.78, 5) is 10.7.